The summed E-state index contributed by atoms with van der Waals surface area (Å²) in [6.45, 7) is 12.7. The van der Waals surface area contributed by atoms with Crippen molar-refractivity contribution in [3.8, 4) is 0 Å². The smallest absolute Gasteiger partial charge is 0.150 e. The van der Waals surface area contributed by atoms with Gasteiger partial charge >= 0.3 is 0 Å². The Kier molecular flexibility index (Phi) is 7.10. The molecule has 0 bridgehead atoms. The Morgan fingerprint density at radius 2 is 1.71 bits per heavy atom. The Bertz CT molecular complexity index is 924. The first-order valence-electron chi connectivity index (χ1n) is 15.0. The lowest BCUT2D eigenvalue weighted by molar-refractivity contribution is -0.0510. The molecule has 192 valence electrons. The van der Waals surface area contributed by atoms with Crippen LogP contribution in [0.5, 0.6) is 0 Å². The van der Waals surface area contributed by atoms with Crippen LogP contribution in [0.1, 0.15) is 127 Å². The number of carbonyl (C=O) groups excluding carboxylic acids is 1. The zero-order valence-corrected chi connectivity index (χ0v) is 23.2. The van der Waals surface area contributed by atoms with E-state index in [-0.39, 0.29) is 0 Å². The third kappa shape index (κ3) is 4.48. The van der Waals surface area contributed by atoms with Crippen molar-refractivity contribution in [2.45, 2.75) is 111 Å². The molecule has 0 radical (unpaired) electrons. The van der Waals surface area contributed by atoms with Gasteiger partial charge in [0.2, 0.25) is 0 Å². The molecule has 1 nitrogen and oxygen atoms in total. The van der Waals surface area contributed by atoms with Crippen LogP contribution in [0.3, 0.4) is 0 Å². The molecule has 8 atom stereocenters. The Labute approximate surface area is 215 Å². The Morgan fingerprint density at radius 1 is 0.943 bits per heavy atom. The van der Waals surface area contributed by atoms with Gasteiger partial charge in [0.15, 0.2) is 0 Å². The molecule has 1 aromatic carbocycles. The van der Waals surface area contributed by atoms with E-state index in [1.165, 1.54) is 76.2 Å². The zero-order chi connectivity index (χ0) is 24.8. The predicted molar refractivity (Wildman–Crippen MR) is 148 cm³/mol. The third-order valence-electron chi connectivity index (χ3n) is 11.8. The lowest BCUT2D eigenvalue weighted by atomic mass is 9.46. The minimum atomic E-state index is 0.421. The molecule has 3 fully saturated rings. The van der Waals surface area contributed by atoms with E-state index in [0.29, 0.717) is 16.7 Å². The topological polar surface area (TPSA) is 17.1 Å². The van der Waals surface area contributed by atoms with Gasteiger partial charge in [-0.25, -0.2) is 0 Å². The van der Waals surface area contributed by atoms with Crippen molar-refractivity contribution in [2.24, 2.45) is 46.3 Å². The maximum absolute atomic E-state index is 11.1. The van der Waals surface area contributed by atoms with E-state index in [0.717, 1.165) is 47.4 Å². The Morgan fingerprint density at radius 3 is 2.43 bits per heavy atom. The number of aldehydes is 1. The van der Waals surface area contributed by atoms with Crippen molar-refractivity contribution in [1.82, 2.24) is 0 Å². The quantitative estimate of drug-likeness (QED) is 0.284. The van der Waals surface area contributed by atoms with E-state index in [4.69, 9.17) is 0 Å². The van der Waals surface area contributed by atoms with Gasteiger partial charge in [-0.15, -0.1) is 0 Å². The largest absolute Gasteiger partial charge is 0.298 e. The lowest BCUT2D eigenvalue weighted by Crippen LogP contribution is -2.50. The summed E-state index contributed by atoms with van der Waals surface area (Å²) in [4.78, 5) is 11.1. The second-order valence-corrected chi connectivity index (χ2v) is 14.0. The third-order valence-corrected chi connectivity index (χ3v) is 11.8. The van der Waals surface area contributed by atoms with Crippen molar-refractivity contribution in [1.29, 1.82) is 0 Å². The number of carbonyl (C=O) groups is 1. The molecule has 0 heterocycles. The van der Waals surface area contributed by atoms with Gasteiger partial charge < -0.3 is 0 Å². The summed E-state index contributed by atoms with van der Waals surface area (Å²) in [5.74, 6) is 6.08. The summed E-state index contributed by atoms with van der Waals surface area (Å²) < 4.78 is 0. The SMILES string of the molecule is CC(C)CCC[C@@H](C)[C@H]1CCC2C3CC=C4CC(c5ccc(C=O)cc5)CC[C@]4(C)C3CC[C@@]21C. The number of rotatable bonds is 7. The van der Waals surface area contributed by atoms with Gasteiger partial charge in [-0.3, -0.25) is 4.79 Å². The van der Waals surface area contributed by atoms with Crippen LogP contribution >= 0.6 is 0 Å². The van der Waals surface area contributed by atoms with E-state index >= 15 is 0 Å². The van der Waals surface area contributed by atoms with Crippen molar-refractivity contribution in [2.75, 3.05) is 0 Å². The number of benzene rings is 1. The molecule has 5 rings (SSSR count). The Balaban J connectivity index is 1.30. The van der Waals surface area contributed by atoms with E-state index in [2.05, 4.69) is 52.8 Å². The molecule has 0 aliphatic heterocycles. The molecule has 35 heavy (non-hydrogen) atoms. The van der Waals surface area contributed by atoms with Crippen LogP contribution in [-0.4, -0.2) is 6.29 Å². The van der Waals surface area contributed by atoms with Crippen molar-refractivity contribution < 1.29 is 4.79 Å². The monoisotopic (exact) mass is 474 g/mol. The molecule has 0 aromatic heterocycles. The molecule has 1 aromatic rings. The Hall–Kier alpha value is -1.37. The summed E-state index contributed by atoms with van der Waals surface area (Å²) in [5, 5.41) is 0. The van der Waals surface area contributed by atoms with E-state index < -0.39 is 0 Å². The normalized spacial score (nSPS) is 39.4. The molecular weight excluding hydrogens is 424 g/mol. The van der Waals surface area contributed by atoms with Crippen LogP contribution in [0.2, 0.25) is 0 Å². The van der Waals surface area contributed by atoms with Crippen molar-refractivity contribution >= 4 is 6.29 Å². The van der Waals surface area contributed by atoms with Crippen LogP contribution < -0.4 is 0 Å². The first-order valence-corrected chi connectivity index (χ1v) is 15.0. The van der Waals surface area contributed by atoms with Gasteiger partial charge in [-0.1, -0.05) is 89.8 Å². The number of allylic oxidation sites excluding steroid dienone is 2. The maximum Gasteiger partial charge on any atom is 0.150 e. The number of hydrogen-bond acceptors (Lipinski definition) is 1. The highest BCUT2D eigenvalue weighted by Crippen LogP contribution is 2.68. The van der Waals surface area contributed by atoms with Gasteiger partial charge in [0.05, 0.1) is 0 Å². The summed E-state index contributed by atoms with van der Waals surface area (Å²) >= 11 is 0. The highest BCUT2D eigenvalue weighted by Gasteiger charge is 2.59. The molecule has 0 N–H and O–H groups in total. The molecule has 4 aliphatic carbocycles. The summed E-state index contributed by atoms with van der Waals surface area (Å²) in [7, 11) is 0. The van der Waals surface area contributed by atoms with Gasteiger partial charge in [-0.2, -0.15) is 0 Å². The standard InChI is InChI=1S/C34H50O/c1-23(2)7-6-8-24(3)30-15-16-31-29-14-13-28-21-27(26-11-9-25(22-35)10-12-26)17-19-33(28,4)32(29)18-20-34(30,31)5/h9-13,22-24,27,29-32H,6-8,14-21H2,1-5H3/t24-,27?,29?,30-,31?,32?,33+,34-/m1/s1. The average molecular weight is 475 g/mol. The van der Waals surface area contributed by atoms with E-state index in [9.17, 15) is 4.79 Å². The molecule has 0 spiro atoms. The van der Waals surface area contributed by atoms with Crippen LogP contribution in [0.4, 0.5) is 0 Å². The van der Waals surface area contributed by atoms with Gasteiger partial charge in [0, 0.05) is 5.56 Å². The first-order chi connectivity index (χ1) is 16.8. The van der Waals surface area contributed by atoms with Crippen LogP contribution in [0.15, 0.2) is 35.9 Å². The van der Waals surface area contributed by atoms with E-state index in [1.807, 2.05) is 12.1 Å². The fourth-order valence-corrected chi connectivity index (χ4v) is 9.82. The van der Waals surface area contributed by atoms with Gasteiger partial charge in [-0.05, 0) is 109 Å². The second-order valence-electron chi connectivity index (χ2n) is 14.0. The summed E-state index contributed by atoms with van der Waals surface area (Å²) in [6.07, 6.45) is 19.1. The number of hydrogen-bond donors (Lipinski definition) is 0. The highest BCUT2D eigenvalue weighted by molar-refractivity contribution is 5.74. The second kappa shape index (κ2) is 9.83. The molecular formula is C34H50O. The van der Waals surface area contributed by atoms with Crippen LogP contribution in [0, 0.1) is 46.3 Å². The van der Waals surface area contributed by atoms with Gasteiger partial charge in [0.1, 0.15) is 6.29 Å². The number of fused-ring (bicyclic) bond motifs is 5. The molecule has 1 heteroatoms. The van der Waals surface area contributed by atoms with Crippen LogP contribution in [0.25, 0.3) is 0 Å². The fraction of sp³-hybridized carbons (Fsp3) is 0.735. The summed E-state index contributed by atoms with van der Waals surface area (Å²) in [5.41, 5.74) is 5.00. The lowest BCUT2D eigenvalue weighted by Gasteiger charge is -2.58. The van der Waals surface area contributed by atoms with E-state index in [1.54, 1.807) is 5.57 Å². The molecule has 4 aliphatic rings. The van der Waals surface area contributed by atoms with Crippen molar-refractivity contribution in [3.63, 3.8) is 0 Å². The minimum absolute atomic E-state index is 0.421. The minimum Gasteiger partial charge on any atom is -0.298 e. The molecule has 3 saturated carbocycles. The molecule has 0 saturated heterocycles. The summed E-state index contributed by atoms with van der Waals surface area (Å²) in [6, 6.07) is 8.42. The zero-order valence-electron chi connectivity index (χ0n) is 23.2. The fourth-order valence-electron chi connectivity index (χ4n) is 9.82. The predicted octanol–water partition coefficient (Wildman–Crippen LogP) is 9.62. The molecule has 0 amide bonds. The first kappa shape index (κ1) is 25.3. The molecule has 4 unspecified atom stereocenters. The van der Waals surface area contributed by atoms with Crippen LogP contribution in [-0.2, 0) is 0 Å². The van der Waals surface area contributed by atoms with Gasteiger partial charge in [0.25, 0.3) is 0 Å². The maximum atomic E-state index is 11.1. The van der Waals surface area contributed by atoms with Crippen molar-refractivity contribution in [3.05, 3.63) is 47.0 Å². The average Bonchev–Trinajstić information content (AvgIpc) is 3.20. The highest BCUT2D eigenvalue weighted by atomic mass is 16.1.